The zero-order valence-electron chi connectivity index (χ0n) is 8.85. The van der Waals surface area contributed by atoms with Crippen molar-refractivity contribution in [2.24, 2.45) is 0 Å². The quantitative estimate of drug-likeness (QED) is 0.592. The van der Waals surface area contributed by atoms with Crippen LogP contribution in [-0.4, -0.2) is 36.1 Å². The summed E-state index contributed by atoms with van der Waals surface area (Å²) in [4.78, 5) is 2.59. The molecule has 0 aromatic carbocycles. The van der Waals surface area contributed by atoms with Gasteiger partial charge < -0.3 is 5.32 Å². The van der Waals surface area contributed by atoms with Crippen molar-refractivity contribution in [3.63, 3.8) is 0 Å². The first kappa shape index (κ1) is 10.0. The Morgan fingerprint density at radius 2 is 2.00 bits per heavy atom. The summed E-state index contributed by atoms with van der Waals surface area (Å²) in [5.74, 6) is 0. The summed E-state index contributed by atoms with van der Waals surface area (Å²) in [6.45, 7) is 12.8. The first-order chi connectivity index (χ1) is 5.52. The van der Waals surface area contributed by atoms with Crippen molar-refractivity contribution in [1.82, 2.24) is 10.2 Å². The molecule has 1 rings (SSSR count). The van der Waals surface area contributed by atoms with E-state index in [0.29, 0.717) is 11.6 Å². The van der Waals surface area contributed by atoms with Gasteiger partial charge in [-0.15, -0.1) is 0 Å². The molecular formula is C10H22N2. The zero-order chi connectivity index (χ0) is 9.19. The molecule has 0 aliphatic carbocycles. The van der Waals surface area contributed by atoms with Gasteiger partial charge in [0.1, 0.15) is 0 Å². The van der Waals surface area contributed by atoms with Gasteiger partial charge in [-0.05, 0) is 40.7 Å². The average Bonchev–Trinajstić information content (AvgIpc) is 2.11. The number of hydrogen-bond acceptors (Lipinski definition) is 2. The molecule has 0 spiro atoms. The molecule has 1 N–H and O–H groups in total. The van der Waals surface area contributed by atoms with Crippen molar-refractivity contribution in [1.29, 1.82) is 0 Å². The van der Waals surface area contributed by atoms with Crippen molar-refractivity contribution in [2.45, 2.75) is 45.7 Å². The second kappa shape index (κ2) is 3.75. The SMILES string of the molecule is C[C@H]1CNCCCN1C(C)(C)C. The molecule has 1 heterocycles. The van der Waals surface area contributed by atoms with Crippen LogP contribution in [0.4, 0.5) is 0 Å². The Labute approximate surface area is 76.3 Å². The predicted octanol–water partition coefficient (Wildman–Crippen LogP) is 1.47. The summed E-state index contributed by atoms with van der Waals surface area (Å²) in [5, 5.41) is 3.46. The van der Waals surface area contributed by atoms with Crippen LogP contribution in [0.2, 0.25) is 0 Å². The highest BCUT2D eigenvalue weighted by Crippen LogP contribution is 2.18. The maximum absolute atomic E-state index is 3.46. The summed E-state index contributed by atoms with van der Waals surface area (Å²) in [7, 11) is 0. The molecule has 2 nitrogen and oxygen atoms in total. The Kier molecular flexibility index (Phi) is 3.13. The van der Waals surface area contributed by atoms with E-state index in [-0.39, 0.29) is 0 Å². The van der Waals surface area contributed by atoms with Gasteiger partial charge in [-0.2, -0.15) is 0 Å². The first-order valence-electron chi connectivity index (χ1n) is 4.99. The van der Waals surface area contributed by atoms with Crippen LogP contribution in [0.25, 0.3) is 0 Å². The second-order valence-electron chi connectivity index (χ2n) is 4.77. The van der Waals surface area contributed by atoms with Gasteiger partial charge in [0.05, 0.1) is 0 Å². The topological polar surface area (TPSA) is 15.3 Å². The van der Waals surface area contributed by atoms with Crippen LogP contribution in [0.1, 0.15) is 34.1 Å². The van der Waals surface area contributed by atoms with Crippen LogP contribution in [0.5, 0.6) is 0 Å². The summed E-state index contributed by atoms with van der Waals surface area (Å²) >= 11 is 0. The van der Waals surface area contributed by atoms with E-state index in [4.69, 9.17) is 0 Å². The molecule has 1 aliphatic heterocycles. The number of nitrogens with zero attached hydrogens (tertiary/aromatic N) is 1. The highest BCUT2D eigenvalue weighted by Gasteiger charge is 2.26. The van der Waals surface area contributed by atoms with Crippen molar-refractivity contribution in [2.75, 3.05) is 19.6 Å². The van der Waals surface area contributed by atoms with E-state index in [9.17, 15) is 0 Å². The number of rotatable bonds is 0. The molecule has 0 aromatic heterocycles. The van der Waals surface area contributed by atoms with Gasteiger partial charge in [0.25, 0.3) is 0 Å². The summed E-state index contributed by atoms with van der Waals surface area (Å²) in [6.07, 6.45) is 1.28. The van der Waals surface area contributed by atoms with Gasteiger partial charge in [0.2, 0.25) is 0 Å². The third-order valence-corrected chi connectivity index (χ3v) is 2.59. The molecule has 0 aromatic rings. The molecule has 1 fully saturated rings. The Hall–Kier alpha value is -0.0800. The van der Waals surface area contributed by atoms with E-state index in [0.717, 1.165) is 6.54 Å². The highest BCUT2D eigenvalue weighted by atomic mass is 15.2. The molecule has 0 amide bonds. The monoisotopic (exact) mass is 170 g/mol. The fourth-order valence-corrected chi connectivity index (χ4v) is 2.01. The lowest BCUT2D eigenvalue weighted by molar-refractivity contribution is 0.1000. The van der Waals surface area contributed by atoms with Crippen molar-refractivity contribution in [3.8, 4) is 0 Å². The lowest BCUT2D eigenvalue weighted by Gasteiger charge is -2.39. The van der Waals surface area contributed by atoms with Gasteiger partial charge in [0, 0.05) is 24.7 Å². The third-order valence-electron chi connectivity index (χ3n) is 2.59. The van der Waals surface area contributed by atoms with Crippen molar-refractivity contribution < 1.29 is 0 Å². The van der Waals surface area contributed by atoms with Gasteiger partial charge in [0.15, 0.2) is 0 Å². The standard InChI is InChI=1S/C10H22N2/c1-9-8-11-6-5-7-12(9)10(2,3)4/h9,11H,5-8H2,1-4H3/t9-/m0/s1. The van der Waals surface area contributed by atoms with E-state index in [1.165, 1.54) is 19.5 Å². The number of nitrogens with one attached hydrogen (secondary N) is 1. The minimum atomic E-state index is 0.325. The molecule has 1 aliphatic rings. The predicted molar refractivity (Wildman–Crippen MR) is 53.4 cm³/mol. The molecule has 0 bridgehead atoms. The molecule has 2 heteroatoms. The molecule has 72 valence electrons. The van der Waals surface area contributed by atoms with E-state index in [2.05, 4.69) is 37.9 Å². The second-order valence-corrected chi connectivity index (χ2v) is 4.77. The Morgan fingerprint density at radius 1 is 1.33 bits per heavy atom. The number of hydrogen-bond donors (Lipinski definition) is 1. The zero-order valence-corrected chi connectivity index (χ0v) is 8.85. The molecule has 0 radical (unpaired) electrons. The Bertz CT molecular complexity index is 137. The molecular weight excluding hydrogens is 148 g/mol. The van der Waals surface area contributed by atoms with Crippen LogP contribution in [0.3, 0.4) is 0 Å². The average molecular weight is 170 g/mol. The third kappa shape index (κ3) is 2.46. The maximum atomic E-state index is 3.46. The van der Waals surface area contributed by atoms with Crippen LogP contribution in [-0.2, 0) is 0 Å². The van der Waals surface area contributed by atoms with Crippen molar-refractivity contribution in [3.05, 3.63) is 0 Å². The van der Waals surface area contributed by atoms with Crippen molar-refractivity contribution >= 4 is 0 Å². The van der Waals surface area contributed by atoms with E-state index >= 15 is 0 Å². The van der Waals surface area contributed by atoms with E-state index < -0.39 is 0 Å². The molecule has 0 unspecified atom stereocenters. The smallest absolute Gasteiger partial charge is 0.0197 e. The molecule has 0 saturated carbocycles. The Balaban J connectivity index is 2.59. The lowest BCUT2D eigenvalue weighted by atomic mass is 10.0. The highest BCUT2D eigenvalue weighted by molar-refractivity contribution is 4.84. The van der Waals surface area contributed by atoms with Crippen LogP contribution in [0, 0.1) is 0 Å². The van der Waals surface area contributed by atoms with Crippen LogP contribution in [0.15, 0.2) is 0 Å². The Morgan fingerprint density at radius 3 is 2.58 bits per heavy atom. The fraction of sp³-hybridized carbons (Fsp3) is 1.00. The summed E-state index contributed by atoms with van der Waals surface area (Å²) in [5.41, 5.74) is 0.325. The van der Waals surface area contributed by atoms with Crippen LogP contribution >= 0.6 is 0 Å². The lowest BCUT2D eigenvalue weighted by Crippen LogP contribution is -2.48. The molecule has 12 heavy (non-hydrogen) atoms. The minimum Gasteiger partial charge on any atom is -0.315 e. The minimum absolute atomic E-state index is 0.325. The normalized spacial score (nSPS) is 28.5. The largest absolute Gasteiger partial charge is 0.315 e. The molecule has 1 atom stereocenters. The van der Waals surface area contributed by atoms with Gasteiger partial charge >= 0.3 is 0 Å². The summed E-state index contributed by atoms with van der Waals surface area (Å²) < 4.78 is 0. The fourth-order valence-electron chi connectivity index (χ4n) is 2.01. The van der Waals surface area contributed by atoms with Gasteiger partial charge in [-0.3, -0.25) is 4.90 Å². The summed E-state index contributed by atoms with van der Waals surface area (Å²) in [6, 6.07) is 0.674. The van der Waals surface area contributed by atoms with E-state index in [1.54, 1.807) is 0 Å². The first-order valence-corrected chi connectivity index (χ1v) is 4.99. The maximum Gasteiger partial charge on any atom is 0.0197 e. The van der Waals surface area contributed by atoms with Crippen LogP contribution < -0.4 is 5.32 Å². The molecule has 1 saturated heterocycles. The van der Waals surface area contributed by atoms with Gasteiger partial charge in [-0.1, -0.05) is 0 Å². The van der Waals surface area contributed by atoms with E-state index in [1.807, 2.05) is 0 Å². The van der Waals surface area contributed by atoms with Gasteiger partial charge in [-0.25, -0.2) is 0 Å².